The molecule has 1 rings (SSSR count). The largest absolute Gasteiger partial charge is 0.253 e. The summed E-state index contributed by atoms with van der Waals surface area (Å²) >= 11 is 2.04. The minimum Gasteiger partial charge on any atom is -0.253 e. The first-order valence-electron chi connectivity index (χ1n) is 3.89. The Morgan fingerprint density at radius 2 is 2.30 bits per heavy atom. The Hall–Kier alpha value is 0.270. The third-order valence-corrected chi connectivity index (χ3v) is 3.07. The summed E-state index contributed by atoms with van der Waals surface area (Å²) in [5, 5.41) is 3.68. The summed E-state index contributed by atoms with van der Waals surface area (Å²) in [6.45, 7) is 8.90. The van der Waals surface area contributed by atoms with Gasteiger partial charge in [-0.05, 0) is 6.92 Å². The van der Waals surface area contributed by atoms with E-state index in [1.54, 1.807) is 0 Å². The van der Waals surface area contributed by atoms with Crippen molar-refractivity contribution in [2.24, 2.45) is 0 Å². The van der Waals surface area contributed by atoms with E-state index in [2.05, 4.69) is 31.2 Å². The van der Waals surface area contributed by atoms with E-state index < -0.39 is 0 Å². The molecule has 0 aromatic rings. The van der Waals surface area contributed by atoms with E-state index in [1.165, 1.54) is 0 Å². The Morgan fingerprint density at radius 3 is 2.80 bits per heavy atom. The predicted octanol–water partition coefficient (Wildman–Crippen LogP) is 1.29. The molecule has 0 bridgehead atoms. The van der Waals surface area contributed by atoms with Crippen molar-refractivity contribution in [1.82, 2.24) is 10.4 Å². The van der Waals surface area contributed by atoms with Crippen LogP contribution in [0.1, 0.15) is 20.8 Å². The lowest BCUT2D eigenvalue weighted by Gasteiger charge is -2.35. The molecule has 3 heteroatoms. The molecule has 1 aliphatic rings. The smallest absolute Gasteiger partial charge is 0.0671 e. The van der Waals surface area contributed by atoms with Crippen LogP contribution in [0.15, 0.2) is 0 Å². The van der Waals surface area contributed by atoms with E-state index in [-0.39, 0.29) is 0 Å². The third kappa shape index (κ3) is 1.87. The first-order chi connectivity index (χ1) is 4.74. The Labute approximate surface area is 67.3 Å². The van der Waals surface area contributed by atoms with Gasteiger partial charge in [0, 0.05) is 18.3 Å². The fourth-order valence-corrected chi connectivity index (χ4v) is 2.41. The summed E-state index contributed by atoms with van der Waals surface area (Å²) in [6.07, 6.45) is 0. The Bertz CT molecular complexity index is 108. The van der Waals surface area contributed by atoms with Crippen molar-refractivity contribution in [2.75, 3.05) is 13.1 Å². The maximum Gasteiger partial charge on any atom is 0.0671 e. The van der Waals surface area contributed by atoms with Crippen molar-refractivity contribution < 1.29 is 0 Å². The van der Waals surface area contributed by atoms with Crippen LogP contribution in [-0.2, 0) is 0 Å². The molecule has 2 nitrogen and oxygen atoms in total. The van der Waals surface area contributed by atoms with Crippen molar-refractivity contribution in [3.05, 3.63) is 0 Å². The molecule has 1 heterocycles. The summed E-state index contributed by atoms with van der Waals surface area (Å²) in [5.74, 6) is 0. The Morgan fingerprint density at radius 1 is 1.60 bits per heavy atom. The van der Waals surface area contributed by atoms with E-state index in [4.69, 9.17) is 0 Å². The number of hydrogen-bond acceptors (Lipinski definition) is 3. The second-order valence-corrected chi connectivity index (χ2v) is 4.45. The van der Waals surface area contributed by atoms with Crippen LogP contribution in [-0.4, -0.2) is 28.7 Å². The highest BCUT2D eigenvalue weighted by Gasteiger charge is 2.20. The van der Waals surface area contributed by atoms with Gasteiger partial charge in [0.05, 0.1) is 5.37 Å². The summed E-state index contributed by atoms with van der Waals surface area (Å²) in [4.78, 5) is 0. The molecular weight excluding hydrogens is 144 g/mol. The fraction of sp³-hybridized carbons (Fsp3) is 1.00. The van der Waals surface area contributed by atoms with Gasteiger partial charge in [0.1, 0.15) is 0 Å². The van der Waals surface area contributed by atoms with Crippen molar-refractivity contribution in [3.63, 3.8) is 0 Å². The maximum atomic E-state index is 3.38. The maximum absolute atomic E-state index is 3.38. The molecule has 0 aromatic heterocycles. The fourth-order valence-electron chi connectivity index (χ4n) is 1.20. The van der Waals surface area contributed by atoms with Crippen LogP contribution in [0.3, 0.4) is 0 Å². The molecule has 1 saturated heterocycles. The Balaban J connectivity index is 2.36. The van der Waals surface area contributed by atoms with E-state index in [1.807, 2.05) is 11.8 Å². The molecule has 0 aromatic carbocycles. The molecule has 2 atom stereocenters. The van der Waals surface area contributed by atoms with Crippen molar-refractivity contribution in [3.8, 4) is 0 Å². The lowest BCUT2D eigenvalue weighted by molar-refractivity contribution is 0.181. The number of hydrazine groups is 1. The van der Waals surface area contributed by atoms with Gasteiger partial charge in [-0.25, -0.2) is 5.01 Å². The van der Waals surface area contributed by atoms with E-state index in [0.29, 0.717) is 5.37 Å². The number of hydrogen-bond donors (Lipinski definition) is 1. The van der Waals surface area contributed by atoms with Crippen LogP contribution in [0.4, 0.5) is 0 Å². The van der Waals surface area contributed by atoms with E-state index in [9.17, 15) is 0 Å². The van der Waals surface area contributed by atoms with Crippen LogP contribution in [0, 0.1) is 0 Å². The molecule has 60 valence electrons. The predicted molar refractivity (Wildman–Crippen MR) is 46.9 cm³/mol. The molecule has 0 aliphatic carbocycles. The van der Waals surface area contributed by atoms with Gasteiger partial charge in [-0.1, -0.05) is 13.8 Å². The molecule has 0 amide bonds. The lowest BCUT2D eigenvalue weighted by Crippen LogP contribution is -2.49. The summed E-state index contributed by atoms with van der Waals surface area (Å²) < 4.78 is 0. The van der Waals surface area contributed by atoms with Crippen molar-refractivity contribution in [2.45, 2.75) is 31.4 Å². The first-order valence-corrected chi connectivity index (χ1v) is 4.84. The van der Waals surface area contributed by atoms with Gasteiger partial charge in [0.2, 0.25) is 0 Å². The molecule has 0 saturated carbocycles. The molecular formula is C7H16N2S. The zero-order chi connectivity index (χ0) is 7.56. The monoisotopic (exact) mass is 160 g/mol. The van der Waals surface area contributed by atoms with Gasteiger partial charge in [0.15, 0.2) is 0 Å². The molecule has 1 fully saturated rings. The van der Waals surface area contributed by atoms with Gasteiger partial charge < -0.3 is 0 Å². The topological polar surface area (TPSA) is 15.3 Å². The van der Waals surface area contributed by atoms with Crippen LogP contribution >= 0.6 is 11.8 Å². The minimum absolute atomic E-state index is 0.633. The van der Waals surface area contributed by atoms with E-state index >= 15 is 0 Å². The second-order valence-electron chi connectivity index (χ2n) is 2.69. The zero-order valence-electron chi connectivity index (χ0n) is 6.92. The molecule has 10 heavy (non-hydrogen) atoms. The zero-order valence-corrected chi connectivity index (χ0v) is 7.74. The minimum atomic E-state index is 0.633. The first kappa shape index (κ1) is 8.37. The molecule has 2 unspecified atom stereocenters. The molecule has 0 spiro atoms. The van der Waals surface area contributed by atoms with Crippen LogP contribution in [0.25, 0.3) is 0 Å². The number of nitrogens with zero attached hydrogens (tertiary/aromatic N) is 1. The summed E-state index contributed by atoms with van der Waals surface area (Å²) in [5.41, 5.74) is 3.38. The van der Waals surface area contributed by atoms with E-state index in [0.717, 1.165) is 18.3 Å². The van der Waals surface area contributed by atoms with Gasteiger partial charge in [-0.2, -0.15) is 0 Å². The average Bonchev–Trinajstić information content (AvgIpc) is 1.88. The summed E-state index contributed by atoms with van der Waals surface area (Å²) in [7, 11) is 0. The summed E-state index contributed by atoms with van der Waals surface area (Å²) in [6, 6.07) is 0. The van der Waals surface area contributed by atoms with Crippen molar-refractivity contribution >= 4 is 11.8 Å². The van der Waals surface area contributed by atoms with Crippen LogP contribution in [0.2, 0.25) is 0 Å². The van der Waals surface area contributed by atoms with Crippen LogP contribution in [0.5, 0.6) is 0 Å². The third-order valence-electron chi connectivity index (χ3n) is 1.79. The average molecular weight is 160 g/mol. The van der Waals surface area contributed by atoms with Gasteiger partial charge >= 0.3 is 0 Å². The SMILES string of the molecule is CCN1NCC(C)SC1C. The lowest BCUT2D eigenvalue weighted by atomic mass is 10.5. The van der Waals surface area contributed by atoms with Crippen molar-refractivity contribution in [1.29, 1.82) is 0 Å². The number of thioether (sulfide) groups is 1. The molecule has 0 radical (unpaired) electrons. The Kier molecular flexibility index (Phi) is 3.01. The van der Waals surface area contributed by atoms with Crippen LogP contribution < -0.4 is 5.43 Å². The standard InChI is InChI=1S/C7H16N2S/c1-4-9-7(3)10-6(2)5-8-9/h6-8H,4-5H2,1-3H3. The highest BCUT2D eigenvalue weighted by molar-refractivity contribution is 8.00. The van der Waals surface area contributed by atoms with Gasteiger partial charge in [0.25, 0.3) is 0 Å². The molecule has 1 N–H and O–H groups in total. The highest BCUT2D eigenvalue weighted by atomic mass is 32.2. The number of rotatable bonds is 1. The normalized spacial score (nSPS) is 36.3. The number of nitrogens with one attached hydrogen (secondary N) is 1. The molecule has 1 aliphatic heterocycles. The van der Waals surface area contributed by atoms with Gasteiger partial charge in [-0.3, -0.25) is 5.43 Å². The van der Waals surface area contributed by atoms with Gasteiger partial charge in [-0.15, -0.1) is 11.8 Å². The second kappa shape index (κ2) is 3.60. The quantitative estimate of drug-likeness (QED) is 0.622. The highest BCUT2D eigenvalue weighted by Crippen LogP contribution is 2.22.